The van der Waals surface area contributed by atoms with E-state index in [2.05, 4.69) is 24.3 Å². The normalized spacial score (nSPS) is 13.8. The van der Waals surface area contributed by atoms with Crippen LogP contribution in [0.3, 0.4) is 0 Å². The van der Waals surface area contributed by atoms with Crippen LogP contribution in [0.5, 0.6) is 0 Å². The molecule has 0 aliphatic rings. The van der Waals surface area contributed by atoms with Crippen molar-refractivity contribution in [2.45, 2.75) is 52.9 Å². The summed E-state index contributed by atoms with van der Waals surface area (Å²) in [5, 5.41) is 0. The van der Waals surface area contributed by atoms with Crippen LogP contribution in [0.15, 0.2) is 24.3 Å². The highest BCUT2D eigenvalue weighted by Crippen LogP contribution is 2.09. The highest BCUT2D eigenvalue weighted by atomic mass is 16.1. The Morgan fingerprint density at radius 2 is 1.73 bits per heavy atom. The molecule has 15 heavy (non-hydrogen) atoms. The third kappa shape index (κ3) is 9.45. The van der Waals surface area contributed by atoms with E-state index in [9.17, 15) is 4.79 Å². The lowest BCUT2D eigenvalue weighted by Crippen LogP contribution is -2.05. The summed E-state index contributed by atoms with van der Waals surface area (Å²) in [4.78, 5) is 11.0. The Hall–Kier alpha value is -0.850. The molecular formula is C14H24O. The van der Waals surface area contributed by atoms with Crippen molar-refractivity contribution < 1.29 is 4.79 Å². The Morgan fingerprint density at radius 3 is 2.33 bits per heavy atom. The summed E-state index contributed by atoms with van der Waals surface area (Å²) >= 11 is 0. The molecule has 1 unspecified atom stereocenters. The number of hydrogen-bond acceptors (Lipinski definition) is 1. The van der Waals surface area contributed by atoms with E-state index in [1.807, 2.05) is 13.8 Å². The molecule has 1 heteroatoms. The zero-order valence-electron chi connectivity index (χ0n) is 10.3. The molecule has 0 saturated heterocycles. The summed E-state index contributed by atoms with van der Waals surface area (Å²) in [6.45, 7) is 5.74. The molecule has 0 fully saturated rings. The number of carbonyl (C=O) groups is 1. The molecule has 1 nitrogen and oxygen atoms in total. The average molecular weight is 208 g/mol. The van der Waals surface area contributed by atoms with Crippen LogP contribution in [0.2, 0.25) is 0 Å². The monoisotopic (exact) mass is 208 g/mol. The second-order valence-electron chi connectivity index (χ2n) is 4.06. The molecule has 1 atom stereocenters. The van der Waals surface area contributed by atoms with Crippen molar-refractivity contribution in [1.29, 1.82) is 0 Å². The number of rotatable bonds is 8. The van der Waals surface area contributed by atoms with E-state index in [0.29, 0.717) is 5.78 Å². The summed E-state index contributed by atoms with van der Waals surface area (Å²) < 4.78 is 0. The highest BCUT2D eigenvalue weighted by Gasteiger charge is 2.05. The number of Topliss-reactive ketones (excluding diaryl/α,β-unsaturated/α-hetero) is 1. The van der Waals surface area contributed by atoms with Crippen LogP contribution < -0.4 is 0 Å². The highest BCUT2D eigenvalue weighted by molar-refractivity contribution is 5.77. The van der Waals surface area contributed by atoms with Crippen molar-refractivity contribution in [2.75, 3.05) is 0 Å². The lowest BCUT2D eigenvalue weighted by Gasteiger charge is -2.04. The molecule has 0 aromatic heterocycles. The van der Waals surface area contributed by atoms with E-state index in [1.165, 1.54) is 0 Å². The Labute approximate surface area is 94.3 Å². The van der Waals surface area contributed by atoms with Gasteiger partial charge in [0.15, 0.2) is 0 Å². The van der Waals surface area contributed by atoms with Crippen LogP contribution in [0.25, 0.3) is 0 Å². The molecule has 0 rings (SSSR count). The molecule has 0 aromatic carbocycles. The van der Waals surface area contributed by atoms with E-state index in [0.717, 1.165) is 32.1 Å². The second-order valence-corrected chi connectivity index (χ2v) is 4.06. The molecule has 86 valence electrons. The first kappa shape index (κ1) is 14.2. The van der Waals surface area contributed by atoms with Gasteiger partial charge in [-0.2, -0.15) is 0 Å². The van der Waals surface area contributed by atoms with Crippen LogP contribution >= 0.6 is 0 Å². The van der Waals surface area contributed by atoms with Gasteiger partial charge in [-0.15, -0.1) is 0 Å². The third-order valence-corrected chi connectivity index (χ3v) is 2.60. The minimum absolute atomic E-state index is 0.237. The summed E-state index contributed by atoms with van der Waals surface area (Å²) in [7, 11) is 0. The van der Waals surface area contributed by atoms with Crippen molar-refractivity contribution in [1.82, 2.24) is 0 Å². The first-order valence-corrected chi connectivity index (χ1v) is 5.95. The van der Waals surface area contributed by atoms with Gasteiger partial charge in [-0.25, -0.2) is 0 Å². The molecule has 0 heterocycles. The van der Waals surface area contributed by atoms with Crippen molar-refractivity contribution >= 4 is 5.78 Å². The second kappa shape index (κ2) is 9.70. The largest absolute Gasteiger partial charge is 0.300 e. The number of carbonyl (C=O) groups excluding carboxylic acids is 1. The Kier molecular flexibility index (Phi) is 9.15. The molecule has 0 spiro atoms. The van der Waals surface area contributed by atoms with Gasteiger partial charge in [0.25, 0.3) is 0 Å². The van der Waals surface area contributed by atoms with Crippen molar-refractivity contribution in [3.05, 3.63) is 24.3 Å². The fourth-order valence-corrected chi connectivity index (χ4v) is 1.34. The fourth-order valence-electron chi connectivity index (χ4n) is 1.34. The zero-order valence-corrected chi connectivity index (χ0v) is 10.3. The van der Waals surface area contributed by atoms with Gasteiger partial charge in [0.05, 0.1) is 0 Å². The predicted molar refractivity (Wildman–Crippen MR) is 66.9 cm³/mol. The van der Waals surface area contributed by atoms with E-state index < -0.39 is 0 Å². The SMILES string of the molecule is CC=CCCC=CCCCC(C)C(C)=O. The van der Waals surface area contributed by atoms with Crippen molar-refractivity contribution in [2.24, 2.45) is 5.92 Å². The molecule has 0 aliphatic heterocycles. The van der Waals surface area contributed by atoms with Gasteiger partial charge in [0.1, 0.15) is 5.78 Å². The summed E-state index contributed by atoms with van der Waals surface area (Å²) in [5.74, 6) is 0.550. The topological polar surface area (TPSA) is 17.1 Å². The van der Waals surface area contributed by atoms with E-state index in [1.54, 1.807) is 6.92 Å². The van der Waals surface area contributed by atoms with Gasteiger partial charge in [-0.1, -0.05) is 31.2 Å². The van der Waals surface area contributed by atoms with Gasteiger partial charge in [0, 0.05) is 5.92 Å². The number of allylic oxidation sites excluding steroid dienone is 4. The molecule has 0 saturated carbocycles. The maximum absolute atomic E-state index is 11.0. The van der Waals surface area contributed by atoms with Crippen LogP contribution in [-0.2, 0) is 4.79 Å². The zero-order chi connectivity index (χ0) is 11.5. The minimum Gasteiger partial charge on any atom is -0.300 e. The molecular weight excluding hydrogens is 184 g/mol. The lowest BCUT2D eigenvalue weighted by molar-refractivity contribution is -0.120. The van der Waals surface area contributed by atoms with Crippen LogP contribution in [0, 0.1) is 5.92 Å². The quantitative estimate of drug-likeness (QED) is 0.429. The van der Waals surface area contributed by atoms with Gasteiger partial charge < -0.3 is 0 Å². The summed E-state index contributed by atoms with van der Waals surface area (Å²) in [6, 6.07) is 0. The first-order valence-electron chi connectivity index (χ1n) is 5.95. The minimum atomic E-state index is 0.237. The number of unbranched alkanes of at least 4 members (excludes halogenated alkanes) is 2. The maximum Gasteiger partial charge on any atom is 0.132 e. The van der Waals surface area contributed by atoms with Gasteiger partial charge in [0.2, 0.25) is 0 Å². The molecule has 0 radical (unpaired) electrons. The van der Waals surface area contributed by atoms with Gasteiger partial charge >= 0.3 is 0 Å². The van der Waals surface area contributed by atoms with Crippen LogP contribution in [0.1, 0.15) is 52.9 Å². The summed E-state index contributed by atoms with van der Waals surface area (Å²) in [5.41, 5.74) is 0. The van der Waals surface area contributed by atoms with E-state index in [-0.39, 0.29) is 5.92 Å². The first-order chi connectivity index (χ1) is 7.18. The molecule has 0 N–H and O–H groups in total. The molecule has 0 amide bonds. The third-order valence-electron chi connectivity index (χ3n) is 2.60. The standard InChI is InChI=1S/C14H24O/c1-4-5-6-7-8-9-10-11-12-13(2)14(3)15/h4-5,8-9,13H,6-7,10-12H2,1-3H3. The smallest absolute Gasteiger partial charge is 0.132 e. The van der Waals surface area contributed by atoms with Crippen LogP contribution in [-0.4, -0.2) is 5.78 Å². The Bertz CT molecular complexity index is 213. The number of hydrogen-bond donors (Lipinski definition) is 0. The van der Waals surface area contributed by atoms with E-state index in [4.69, 9.17) is 0 Å². The fraction of sp³-hybridized carbons (Fsp3) is 0.643. The van der Waals surface area contributed by atoms with Gasteiger partial charge in [-0.05, 0) is 46.0 Å². The number of ketones is 1. The van der Waals surface area contributed by atoms with Crippen LogP contribution in [0.4, 0.5) is 0 Å². The lowest BCUT2D eigenvalue weighted by atomic mass is 10.0. The maximum atomic E-state index is 11.0. The molecule has 0 bridgehead atoms. The Morgan fingerprint density at radius 1 is 1.13 bits per heavy atom. The van der Waals surface area contributed by atoms with Crippen molar-refractivity contribution in [3.63, 3.8) is 0 Å². The summed E-state index contributed by atoms with van der Waals surface area (Å²) in [6.07, 6.45) is 14.3. The van der Waals surface area contributed by atoms with Crippen molar-refractivity contribution in [3.8, 4) is 0 Å². The Balaban J connectivity index is 3.34. The van der Waals surface area contributed by atoms with E-state index >= 15 is 0 Å². The average Bonchev–Trinajstić information content (AvgIpc) is 2.21. The predicted octanol–water partition coefficient (Wildman–Crippen LogP) is 4.29. The molecule has 0 aromatic rings. The van der Waals surface area contributed by atoms with Gasteiger partial charge in [-0.3, -0.25) is 4.79 Å². The molecule has 0 aliphatic carbocycles.